The van der Waals surface area contributed by atoms with E-state index < -0.39 is 0 Å². The molecule has 1 saturated carbocycles. The molecule has 1 saturated heterocycles. The molecular formula is C15H23BrN2S. The van der Waals surface area contributed by atoms with Gasteiger partial charge in [0.2, 0.25) is 0 Å². The van der Waals surface area contributed by atoms with Crippen LogP contribution in [0.2, 0.25) is 0 Å². The molecule has 0 radical (unpaired) electrons. The van der Waals surface area contributed by atoms with Crippen LogP contribution in [0.1, 0.15) is 37.0 Å². The Morgan fingerprint density at radius 1 is 1.32 bits per heavy atom. The van der Waals surface area contributed by atoms with Gasteiger partial charge in [0.15, 0.2) is 0 Å². The Morgan fingerprint density at radius 2 is 2.16 bits per heavy atom. The van der Waals surface area contributed by atoms with Crippen LogP contribution in [0.4, 0.5) is 0 Å². The second-order valence-electron chi connectivity index (χ2n) is 5.87. The molecule has 19 heavy (non-hydrogen) atoms. The fourth-order valence-electron chi connectivity index (χ4n) is 3.58. The lowest BCUT2D eigenvalue weighted by Gasteiger charge is -2.42. The molecule has 2 heterocycles. The molecular weight excluding hydrogens is 320 g/mol. The predicted molar refractivity (Wildman–Crippen MR) is 85.7 cm³/mol. The molecule has 3 rings (SSSR count). The van der Waals surface area contributed by atoms with Crippen LogP contribution in [0.3, 0.4) is 0 Å². The highest BCUT2D eigenvalue weighted by Crippen LogP contribution is 2.31. The van der Waals surface area contributed by atoms with E-state index in [-0.39, 0.29) is 0 Å². The van der Waals surface area contributed by atoms with Crippen molar-refractivity contribution in [3.63, 3.8) is 0 Å². The van der Waals surface area contributed by atoms with Crippen LogP contribution in [0.25, 0.3) is 0 Å². The Bertz CT molecular complexity index is 401. The second kappa shape index (κ2) is 6.70. The Morgan fingerprint density at radius 3 is 2.89 bits per heavy atom. The average molecular weight is 343 g/mol. The van der Waals surface area contributed by atoms with Gasteiger partial charge in [0.1, 0.15) is 0 Å². The van der Waals surface area contributed by atoms with E-state index in [1.807, 2.05) is 11.3 Å². The Kier molecular flexibility index (Phi) is 4.96. The smallest absolute Gasteiger partial charge is 0.0332 e. The maximum atomic E-state index is 3.61. The number of piperazine rings is 1. The zero-order valence-electron chi connectivity index (χ0n) is 11.4. The highest BCUT2D eigenvalue weighted by Gasteiger charge is 2.30. The van der Waals surface area contributed by atoms with Crippen LogP contribution in [0, 0.1) is 5.92 Å². The molecule has 1 aromatic heterocycles. The summed E-state index contributed by atoms with van der Waals surface area (Å²) in [5.74, 6) is 0.921. The number of hydrogen-bond donors (Lipinski definition) is 1. The molecule has 1 unspecified atom stereocenters. The zero-order valence-corrected chi connectivity index (χ0v) is 13.8. The van der Waals surface area contributed by atoms with Gasteiger partial charge >= 0.3 is 0 Å². The quantitative estimate of drug-likeness (QED) is 0.896. The molecule has 1 aliphatic carbocycles. The third-order valence-corrected chi connectivity index (χ3v) is 6.26. The summed E-state index contributed by atoms with van der Waals surface area (Å²) >= 11 is 5.45. The summed E-state index contributed by atoms with van der Waals surface area (Å²) in [4.78, 5) is 4.22. The molecule has 2 nitrogen and oxygen atoms in total. The number of nitrogens with zero attached hydrogens (tertiary/aromatic N) is 1. The van der Waals surface area contributed by atoms with Crippen molar-refractivity contribution in [2.75, 3.05) is 19.6 Å². The number of hydrogen-bond acceptors (Lipinski definition) is 3. The zero-order chi connectivity index (χ0) is 13.1. The van der Waals surface area contributed by atoms with Crippen LogP contribution in [-0.4, -0.2) is 30.6 Å². The molecule has 106 valence electrons. The minimum atomic E-state index is 0.759. The third-order valence-electron chi connectivity index (χ3n) is 4.57. The molecule has 2 aliphatic rings. The maximum absolute atomic E-state index is 3.61. The van der Waals surface area contributed by atoms with Crippen molar-refractivity contribution in [3.8, 4) is 0 Å². The van der Waals surface area contributed by atoms with Crippen LogP contribution in [0.5, 0.6) is 0 Å². The summed E-state index contributed by atoms with van der Waals surface area (Å²) in [6, 6.07) is 3.04. The van der Waals surface area contributed by atoms with Crippen molar-refractivity contribution in [1.29, 1.82) is 0 Å². The lowest BCUT2D eigenvalue weighted by molar-refractivity contribution is 0.0869. The molecule has 4 heteroatoms. The van der Waals surface area contributed by atoms with Gasteiger partial charge in [0.05, 0.1) is 0 Å². The largest absolute Gasteiger partial charge is 0.314 e. The van der Waals surface area contributed by atoms with Gasteiger partial charge in [0, 0.05) is 47.0 Å². The standard InChI is InChI=1S/C15H23BrN2S/c16-13-8-14(19-11-13)10-18-7-6-17-9-15(18)12-4-2-1-3-5-12/h8,11-12,15,17H,1-7,9-10H2. The van der Waals surface area contributed by atoms with Crippen molar-refractivity contribution < 1.29 is 0 Å². The second-order valence-corrected chi connectivity index (χ2v) is 7.78. The molecule has 1 atom stereocenters. The van der Waals surface area contributed by atoms with Gasteiger partial charge in [-0.15, -0.1) is 11.3 Å². The number of thiophene rings is 1. The lowest BCUT2D eigenvalue weighted by Crippen LogP contribution is -2.54. The molecule has 0 aromatic carbocycles. The van der Waals surface area contributed by atoms with Crippen LogP contribution >= 0.6 is 27.3 Å². The van der Waals surface area contributed by atoms with Crippen molar-refractivity contribution >= 4 is 27.3 Å². The fraction of sp³-hybridized carbons (Fsp3) is 0.733. The molecule has 1 N–H and O–H groups in total. The summed E-state index contributed by atoms with van der Waals surface area (Å²) in [5.41, 5.74) is 0. The molecule has 1 aromatic rings. The molecule has 2 fully saturated rings. The van der Waals surface area contributed by atoms with Gasteiger partial charge in [0.25, 0.3) is 0 Å². The van der Waals surface area contributed by atoms with Crippen LogP contribution in [-0.2, 0) is 6.54 Å². The van der Waals surface area contributed by atoms with Crippen LogP contribution < -0.4 is 5.32 Å². The molecule has 1 aliphatic heterocycles. The first-order chi connectivity index (χ1) is 9.33. The first-order valence-electron chi connectivity index (χ1n) is 7.50. The molecule has 0 spiro atoms. The summed E-state index contributed by atoms with van der Waals surface area (Å²) < 4.78 is 1.23. The highest BCUT2D eigenvalue weighted by atomic mass is 79.9. The Labute approximate surface area is 128 Å². The average Bonchev–Trinajstić information content (AvgIpc) is 2.86. The topological polar surface area (TPSA) is 15.3 Å². The van der Waals surface area contributed by atoms with Crippen molar-refractivity contribution in [2.24, 2.45) is 5.92 Å². The summed E-state index contributed by atoms with van der Waals surface area (Å²) in [7, 11) is 0. The van der Waals surface area contributed by atoms with E-state index in [2.05, 4.69) is 37.6 Å². The summed E-state index contributed by atoms with van der Waals surface area (Å²) in [6.45, 7) is 4.68. The first-order valence-corrected chi connectivity index (χ1v) is 9.18. The van der Waals surface area contributed by atoms with Crippen LogP contribution in [0.15, 0.2) is 15.9 Å². The third kappa shape index (κ3) is 3.60. The number of rotatable bonds is 3. The monoisotopic (exact) mass is 342 g/mol. The van der Waals surface area contributed by atoms with E-state index in [0.717, 1.165) is 25.0 Å². The van der Waals surface area contributed by atoms with Crippen molar-refractivity contribution in [1.82, 2.24) is 10.2 Å². The van der Waals surface area contributed by atoms with Gasteiger partial charge in [-0.05, 0) is 40.8 Å². The SMILES string of the molecule is Brc1csc(CN2CCNCC2C2CCCCC2)c1. The molecule has 0 amide bonds. The normalized spacial score (nSPS) is 26.7. The molecule has 0 bridgehead atoms. The van der Waals surface area contributed by atoms with Gasteiger partial charge in [-0.1, -0.05) is 19.3 Å². The Balaban J connectivity index is 1.66. The minimum absolute atomic E-state index is 0.759. The lowest BCUT2D eigenvalue weighted by atomic mass is 9.82. The van der Waals surface area contributed by atoms with Gasteiger partial charge < -0.3 is 5.32 Å². The van der Waals surface area contributed by atoms with E-state index in [1.54, 1.807) is 0 Å². The predicted octanol–water partition coefficient (Wildman–Crippen LogP) is 3.86. The van der Waals surface area contributed by atoms with Crippen molar-refractivity contribution in [2.45, 2.75) is 44.7 Å². The van der Waals surface area contributed by atoms with Gasteiger partial charge in [-0.25, -0.2) is 0 Å². The van der Waals surface area contributed by atoms with E-state index >= 15 is 0 Å². The fourth-order valence-corrected chi connectivity index (χ4v) is 5.06. The van der Waals surface area contributed by atoms with E-state index in [4.69, 9.17) is 0 Å². The van der Waals surface area contributed by atoms with E-state index in [0.29, 0.717) is 0 Å². The first kappa shape index (κ1) is 14.1. The van der Waals surface area contributed by atoms with E-state index in [1.165, 1.54) is 54.5 Å². The Hall–Kier alpha value is 0.1000. The van der Waals surface area contributed by atoms with Gasteiger partial charge in [-0.3, -0.25) is 4.90 Å². The number of halogens is 1. The summed E-state index contributed by atoms with van der Waals surface area (Å²) in [6.07, 6.45) is 7.22. The van der Waals surface area contributed by atoms with E-state index in [9.17, 15) is 0 Å². The maximum Gasteiger partial charge on any atom is 0.0332 e. The summed E-state index contributed by atoms with van der Waals surface area (Å²) in [5, 5.41) is 5.81. The van der Waals surface area contributed by atoms with Gasteiger partial charge in [-0.2, -0.15) is 0 Å². The van der Waals surface area contributed by atoms with Crippen molar-refractivity contribution in [3.05, 3.63) is 20.8 Å². The minimum Gasteiger partial charge on any atom is -0.314 e. The highest BCUT2D eigenvalue weighted by molar-refractivity contribution is 9.10. The number of nitrogens with one attached hydrogen (secondary N) is 1.